The Bertz CT molecular complexity index is 809. The largest absolute Gasteiger partial charge is 0.417 e. The highest BCUT2D eigenvalue weighted by Gasteiger charge is 2.33. The van der Waals surface area contributed by atoms with Gasteiger partial charge < -0.3 is 0 Å². The zero-order chi connectivity index (χ0) is 16.5. The Kier molecular flexibility index (Phi) is 4.74. The van der Waals surface area contributed by atoms with Crippen LogP contribution in [0.1, 0.15) is 5.56 Å². The third kappa shape index (κ3) is 3.74. The molecule has 0 aliphatic carbocycles. The maximum atomic E-state index is 12.8. The number of halogens is 5. The average molecular weight is 415 g/mol. The van der Waals surface area contributed by atoms with Crippen molar-refractivity contribution in [3.8, 4) is 0 Å². The number of alkyl halides is 3. The van der Waals surface area contributed by atoms with E-state index in [4.69, 9.17) is 11.6 Å². The van der Waals surface area contributed by atoms with E-state index in [9.17, 15) is 21.6 Å². The number of anilines is 1. The van der Waals surface area contributed by atoms with Gasteiger partial charge in [-0.1, -0.05) is 39.7 Å². The second kappa shape index (κ2) is 6.10. The lowest BCUT2D eigenvalue weighted by Gasteiger charge is -2.13. The monoisotopic (exact) mass is 413 g/mol. The second-order valence-corrected chi connectivity index (χ2v) is 7.14. The molecule has 0 radical (unpaired) electrons. The van der Waals surface area contributed by atoms with Gasteiger partial charge in [0.2, 0.25) is 0 Å². The Morgan fingerprint density at radius 2 is 1.73 bits per heavy atom. The molecule has 0 bridgehead atoms. The molecule has 2 aromatic rings. The first-order chi connectivity index (χ1) is 10.1. The summed E-state index contributed by atoms with van der Waals surface area (Å²) in [6, 6.07) is 8.68. The highest BCUT2D eigenvalue weighted by molar-refractivity contribution is 9.10. The Balaban J connectivity index is 2.41. The molecule has 0 saturated heterocycles. The van der Waals surface area contributed by atoms with E-state index in [1.165, 1.54) is 24.3 Å². The Hall–Kier alpha value is -1.25. The van der Waals surface area contributed by atoms with E-state index in [-0.39, 0.29) is 20.1 Å². The summed E-state index contributed by atoms with van der Waals surface area (Å²) in [5.74, 6) is 0. The molecule has 2 rings (SSSR count). The van der Waals surface area contributed by atoms with Crippen molar-refractivity contribution in [1.29, 1.82) is 0 Å². The Morgan fingerprint density at radius 1 is 1.09 bits per heavy atom. The predicted octanol–water partition coefficient (Wildman–Crippen LogP) is 4.92. The van der Waals surface area contributed by atoms with Gasteiger partial charge in [0, 0.05) is 10.2 Å². The molecule has 0 aliphatic rings. The van der Waals surface area contributed by atoms with Gasteiger partial charge in [0.15, 0.2) is 0 Å². The van der Waals surface area contributed by atoms with E-state index in [2.05, 4.69) is 20.7 Å². The fourth-order valence-electron chi connectivity index (χ4n) is 1.68. The molecule has 0 spiro atoms. The lowest BCUT2D eigenvalue weighted by molar-refractivity contribution is -0.138. The summed E-state index contributed by atoms with van der Waals surface area (Å²) in [4.78, 5) is -0.215. The molecule has 3 nitrogen and oxygen atoms in total. The smallest absolute Gasteiger partial charge is 0.280 e. The molecule has 0 unspecified atom stereocenters. The molecule has 0 atom stereocenters. The Labute approximate surface area is 138 Å². The van der Waals surface area contributed by atoms with Gasteiger partial charge in [0.1, 0.15) is 4.90 Å². The van der Waals surface area contributed by atoms with Crippen LogP contribution in [-0.2, 0) is 16.2 Å². The Morgan fingerprint density at radius 3 is 2.32 bits per heavy atom. The maximum absolute atomic E-state index is 12.8. The molecule has 0 heterocycles. The average Bonchev–Trinajstić information content (AvgIpc) is 2.39. The van der Waals surface area contributed by atoms with E-state index in [1.807, 2.05) is 0 Å². The van der Waals surface area contributed by atoms with Gasteiger partial charge in [0.05, 0.1) is 10.6 Å². The summed E-state index contributed by atoms with van der Waals surface area (Å²) in [5, 5.41) is -0.0249. The summed E-state index contributed by atoms with van der Waals surface area (Å²) in [7, 11) is -4.08. The molecule has 9 heteroatoms. The predicted molar refractivity (Wildman–Crippen MR) is 81.4 cm³/mol. The van der Waals surface area contributed by atoms with Gasteiger partial charge in [-0.15, -0.1) is 0 Å². The quantitative estimate of drug-likeness (QED) is 0.775. The van der Waals surface area contributed by atoms with E-state index in [0.717, 1.165) is 6.07 Å². The number of hydrogen-bond acceptors (Lipinski definition) is 2. The van der Waals surface area contributed by atoms with Crippen molar-refractivity contribution in [3.05, 3.63) is 57.5 Å². The topological polar surface area (TPSA) is 46.2 Å². The van der Waals surface area contributed by atoms with Crippen LogP contribution in [0.4, 0.5) is 18.9 Å². The van der Waals surface area contributed by atoms with Crippen LogP contribution in [0.15, 0.2) is 51.8 Å². The van der Waals surface area contributed by atoms with Gasteiger partial charge in [-0.25, -0.2) is 8.42 Å². The summed E-state index contributed by atoms with van der Waals surface area (Å²) >= 11 is 8.58. The number of hydrogen-bond donors (Lipinski definition) is 1. The molecule has 2 aromatic carbocycles. The van der Waals surface area contributed by atoms with Crippen LogP contribution in [-0.4, -0.2) is 8.42 Å². The van der Waals surface area contributed by atoms with Crippen molar-refractivity contribution in [2.75, 3.05) is 4.72 Å². The van der Waals surface area contributed by atoms with Crippen LogP contribution in [0.5, 0.6) is 0 Å². The lowest BCUT2D eigenvalue weighted by Crippen LogP contribution is -2.14. The molecule has 22 heavy (non-hydrogen) atoms. The molecule has 0 amide bonds. The van der Waals surface area contributed by atoms with Crippen molar-refractivity contribution in [2.24, 2.45) is 0 Å². The van der Waals surface area contributed by atoms with Crippen molar-refractivity contribution >= 4 is 43.2 Å². The first-order valence-electron chi connectivity index (χ1n) is 5.75. The highest BCUT2D eigenvalue weighted by Crippen LogP contribution is 2.36. The molecular weight excluding hydrogens is 407 g/mol. The van der Waals surface area contributed by atoms with Crippen LogP contribution in [0.2, 0.25) is 5.02 Å². The third-order valence-electron chi connectivity index (χ3n) is 2.65. The molecule has 0 aromatic heterocycles. The number of rotatable bonds is 3. The molecule has 1 N–H and O–H groups in total. The van der Waals surface area contributed by atoms with Gasteiger partial charge >= 0.3 is 6.18 Å². The fourth-order valence-corrected chi connectivity index (χ4v) is 3.72. The number of benzene rings is 2. The van der Waals surface area contributed by atoms with Gasteiger partial charge in [0.25, 0.3) is 10.0 Å². The molecule has 0 fully saturated rings. The molecule has 0 aliphatic heterocycles. The van der Waals surface area contributed by atoms with E-state index < -0.39 is 21.8 Å². The zero-order valence-electron chi connectivity index (χ0n) is 10.7. The van der Waals surface area contributed by atoms with Crippen molar-refractivity contribution in [3.63, 3.8) is 0 Å². The van der Waals surface area contributed by atoms with Crippen molar-refractivity contribution < 1.29 is 21.6 Å². The van der Waals surface area contributed by atoms with E-state index in [0.29, 0.717) is 6.07 Å². The standard InChI is InChI=1S/C13H8BrClF3NO2S/c14-10-6-5-8(7-9(10)13(16,17)18)19-22(20,21)12-4-2-1-3-11(12)15/h1-7,19H. The van der Waals surface area contributed by atoms with Crippen molar-refractivity contribution in [1.82, 2.24) is 0 Å². The maximum Gasteiger partial charge on any atom is 0.417 e. The fraction of sp³-hybridized carbons (Fsp3) is 0.0769. The molecular formula is C13H8BrClF3NO2S. The summed E-state index contributed by atoms with van der Waals surface area (Å²) < 4.78 is 64.7. The normalized spacial score (nSPS) is 12.2. The summed E-state index contributed by atoms with van der Waals surface area (Å²) in [6.07, 6.45) is -4.61. The summed E-state index contributed by atoms with van der Waals surface area (Å²) in [5.41, 5.74) is -1.19. The van der Waals surface area contributed by atoms with Crippen LogP contribution >= 0.6 is 27.5 Å². The van der Waals surface area contributed by atoms with Crippen molar-refractivity contribution in [2.45, 2.75) is 11.1 Å². The zero-order valence-corrected chi connectivity index (χ0v) is 13.8. The number of nitrogens with one attached hydrogen (secondary N) is 1. The first-order valence-corrected chi connectivity index (χ1v) is 8.41. The van der Waals surface area contributed by atoms with Gasteiger partial charge in [-0.05, 0) is 30.3 Å². The van der Waals surface area contributed by atoms with Crippen LogP contribution in [0.3, 0.4) is 0 Å². The van der Waals surface area contributed by atoms with Crippen LogP contribution in [0, 0.1) is 0 Å². The minimum Gasteiger partial charge on any atom is -0.280 e. The minimum atomic E-state index is -4.61. The lowest BCUT2D eigenvalue weighted by atomic mass is 10.2. The van der Waals surface area contributed by atoms with E-state index >= 15 is 0 Å². The van der Waals surface area contributed by atoms with Crippen LogP contribution < -0.4 is 4.72 Å². The second-order valence-electron chi connectivity index (χ2n) is 4.23. The molecule has 0 saturated carbocycles. The number of sulfonamides is 1. The SMILES string of the molecule is O=S(=O)(Nc1ccc(Br)c(C(F)(F)F)c1)c1ccccc1Cl. The van der Waals surface area contributed by atoms with Crippen LogP contribution in [0.25, 0.3) is 0 Å². The van der Waals surface area contributed by atoms with E-state index in [1.54, 1.807) is 6.07 Å². The minimum absolute atomic E-state index is 0.0249. The van der Waals surface area contributed by atoms with Gasteiger partial charge in [-0.3, -0.25) is 4.72 Å². The molecule has 118 valence electrons. The highest BCUT2D eigenvalue weighted by atomic mass is 79.9. The first kappa shape index (κ1) is 17.1. The van der Waals surface area contributed by atoms with Gasteiger partial charge in [-0.2, -0.15) is 13.2 Å². The third-order valence-corrected chi connectivity index (χ3v) is 5.22. The summed E-state index contributed by atoms with van der Waals surface area (Å²) in [6.45, 7) is 0.